The molecule has 0 amide bonds. The van der Waals surface area contributed by atoms with E-state index in [4.69, 9.17) is 9.47 Å². The number of ether oxygens (including phenoxy) is 2. The number of hydrogen-bond acceptors (Lipinski definition) is 4. The number of carbonyl (C=O) groups is 2. The van der Waals surface area contributed by atoms with E-state index in [0.29, 0.717) is 32.0 Å². The lowest BCUT2D eigenvalue weighted by Gasteiger charge is -2.10. The molecule has 0 saturated heterocycles. The molecule has 0 N–H and O–H groups in total. The minimum Gasteiger partial charge on any atom is -0.466 e. The molecule has 0 heterocycles. The second kappa shape index (κ2) is 27.5. The molecular weight excluding hydrogens is 436 g/mol. The van der Waals surface area contributed by atoms with E-state index in [1.165, 1.54) is 89.9 Å². The van der Waals surface area contributed by atoms with Gasteiger partial charge in [-0.3, -0.25) is 9.59 Å². The molecule has 4 heteroatoms. The maximum absolute atomic E-state index is 11.8. The largest absolute Gasteiger partial charge is 0.466 e. The molecule has 0 aromatic heterocycles. The second-order valence-electron chi connectivity index (χ2n) is 10.7. The fourth-order valence-electron chi connectivity index (χ4n) is 4.51. The van der Waals surface area contributed by atoms with Crippen molar-refractivity contribution in [2.75, 3.05) is 13.2 Å². The van der Waals surface area contributed by atoms with E-state index in [-0.39, 0.29) is 11.9 Å². The van der Waals surface area contributed by atoms with Gasteiger partial charge < -0.3 is 9.47 Å². The van der Waals surface area contributed by atoms with Crippen molar-refractivity contribution in [3.63, 3.8) is 0 Å². The third-order valence-electron chi connectivity index (χ3n) is 6.83. The van der Waals surface area contributed by atoms with Gasteiger partial charge in [0.1, 0.15) is 0 Å². The zero-order chi connectivity index (χ0) is 25.8. The highest BCUT2D eigenvalue weighted by Crippen LogP contribution is 2.14. The van der Waals surface area contributed by atoms with Crippen LogP contribution in [0.4, 0.5) is 0 Å². The summed E-state index contributed by atoms with van der Waals surface area (Å²) in [5.41, 5.74) is 0. The molecular formula is C31H60O4. The van der Waals surface area contributed by atoms with Gasteiger partial charge >= 0.3 is 11.9 Å². The summed E-state index contributed by atoms with van der Waals surface area (Å²) in [7, 11) is 0. The van der Waals surface area contributed by atoms with Crippen LogP contribution in [0, 0.1) is 5.92 Å². The Morgan fingerprint density at radius 3 is 1.37 bits per heavy atom. The van der Waals surface area contributed by atoms with E-state index < -0.39 is 0 Å². The molecule has 0 bridgehead atoms. The summed E-state index contributed by atoms with van der Waals surface area (Å²) >= 11 is 0. The van der Waals surface area contributed by atoms with Crippen molar-refractivity contribution < 1.29 is 19.1 Å². The quantitative estimate of drug-likeness (QED) is 0.0838. The number of rotatable bonds is 27. The molecule has 4 nitrogen and oxygen atoms in total. The lowest BCUT2D eigenvalue weighted by molar-refractivity contribution is -0.145. The lowest BCUT2D eigenvalue weighted by Crippen LogP contribution is -2.11. The number of unbranched alkanes of at least 4 members (excludes halogenated alkanes) is 17. The number of carbonyl (C=O) groups excluding carboxylic acids is 2. The number of hydrogen-bond donors (Lipinski definition) is 0. The van der Waals surface area contributed by atoms with Crippen molar-refractivity contribution in [3.8, 4) is 0 Å². The van der Waals surface area contributed by atoms with Crippen LogP contribution in [-0.4, -0.2) is 25.2 Å². The fourth-order valence-corrected chi connectivity index (χ4v) is 4.51. The van der Waals surface area contributed by atoms with Gasteiger partial charge in [-0.1, -0.05) is 130 Å². The van der Waals surface area contributed by atoms with Crippen molar-refractivity contribution in [2.45, 2.75) is 168 Å². The molecule has 35 heavy (non-hydrogen) atoms. The molecule has 1 atom stereocenters. The summed E-state index contributed by atoms with van der Waals surface area (Å²) in [6.45, 7) is 7.62. The SMILES string of the molecule is CCCCCCCCCCCCCCCCCCOC(=O)CCCCCC(=O)OCC(C)CCC. The van der Waals surface area contributed by atoms with Gasteiger partial charge in [-0.25, -0.2) is 0 Å². The average Bonchev–Trinajstić information content (AvgIpc) is 2.84. The van der Waals surface area contributed by atoms with Crippen LogP contribution >= 0.6 is 0 Å². The zero-order valence-corrected chi connectivity index (χ0v) is 23.9. The van der Waals surface area contributed by atoms with E-state index >= 15 is 0 Å². The van der Waals surface area contributed by atoms with Crippen LogP contribution in [0.2, 0.25) is 0 Å². The van der Waals surface area contributed by atoms with Gasteiger partial charge in [0.2, 0.25) is 0 Å². The predicted molar refractivity (Wildman–Crippen MR) is 149 cm³/mol. The first-order chi connectivity index (χ1) is 17.1. The van der Waals surface area contributed by atoms with Crippen LogP contribution in [-0.2, 0) is 19.1 Å². The molecule has 0 aliphatic carbocycles. The van der Waals surface area contributed by atoms with Gasteiger partial charge in [0.05, 0.1) is 13.2 Å². The second-order valence-corrected chi connectivity index (χ2v) is 10.7. The van der Waals surface area contributed by atoms with Gasteiger partial charge in [-0.2, -0.15) is 0 Å². The predicted octanol–water partition coefficient (Wildman–Crippen LogP) is 9.72. The zero-order valence-electron chi connectivity index (χ0n) is 23.9. The molecule has 0 aliphatic rings. The third-order valence-corrected chi connectivity index (χ3v) is 6.83. The first kappa shape index (κ1) is 33.9. The van der Waals surface area contributed by atoms with Gasteiger partial charge in [0.15, 0.2) is 0 Å². The fraction of sp³-hybridized carbons (Fsp3) is 0.935. The van der Waals surface area contributed by atoms with Crippen molar-refractivity contribution >= 4 is 11.9 Å². The van der Waals surface area contributed by atoms with Crippen molar-refractivity contribution in [1.82, 2.24) is 0 Å². The Hall–Kier alpha value is -1.06. The lowest BCUT2D eigenvalue weighted by atomic mass is 10.0. The normalized spacial score (nSPS) is 12.0. The molecule has 208 valence electrons. The Balaban J connectivity index is 3.26. The first-order valence-corrected chi connectivity index (χ1v) is 15.4. The van der Waals surface area contributed by atoms with Crippen LogP contribution in [0.25, 0.3) is 0 Å². The van der Waals surface area contributed by atoms with E-state index in [1.807, 2.05) is 0 Å². The molecule has 0 spiro atoms. The molecule has 0 aliphatic heterocycles. The Labute approximate surface area is 218 Å². The first-order valence-electron chi connectivity index (χ1n) is 15.4. The summed E-state index contributed by atoms with van der Waals surface area (Å²) in [6.07, 6.45) is 27.1. The Kier molecular flexibility index (Phi) is 26.7. The maximum atomic E-state index is 11.8. The Bertz CT molecular complexity index is 463. The summed E-state index contributed by atoms with van der Waals surface area (Å²) in [5.74, 6) is 0.231. The molecule has 0 rings (SSSR count). The monoisotopic (exact) mass is 496 g/mol. The van der Waals surface area contributed by atoms with Gasteiger partial charge in [0.25, 0.3) is 0 Å². The topological polar surface area (TPSA) is 52.6 Å². The summed E-state index contributed by atoms with van der Waals surface area (Å²) in [6, 6.07) is 0. The van der Waals surface area contributed by atoms with E-state index in [9.17, 15) is 9.59 Å². The molecule has 1 unspecified atom stereocenters. The molecule has 0 saturated carbocycles. The van der Waals surface area contributed by atoms with E-state index in [0.717, 1.165) is 44.9 Å². The maximum Gasteiger partial charge on any atom is 0.305 e. The highest BCUT2D eigenvalue weighted by molar-refractivity contribution is 5.69. The molecule has 0 radical (unpaired) electrons. The smallest absolute Gasteiger partial charge is 0.305 e. The third kappa shape index (κ3) is 27.4. The van der Waals surface area contributed by atoms with Gasteiger partial charge in [-0.05, 0) is 31.6 Å². The summed E-state index contributed by atoms with van der Waals surface area (Å²) in [5, 5.41) is 0. The van der Waals surface area contributed by atoms with E-state index in [2.05, 4.69) is 20.8 Å². The van der Waals surface area contributed by atoms with Gasteiger partial charge in [0, 0.05) is 12.8 Å². The Morgan fingerprint density at radius 2 is 0.914 bits per heavy atom. The minimum atomic E-state index is -0.112. The average molecular weight is 497 g/mol. The van der Waals surface area contributed by atoms with Crippen molar-refractivity contribution in [1.29, 1.82) is 0 Å². The molecule has 0 aromatic rings. The minimum absolute atomic E-state index is 0.0954. The summed E-state index contributed by atoms with van der Waals surface area (Å²) in [4.78, 5) is 23.5. The van der Waals surface area contributed by atoms with Crippen LogP contribution in [0.5, 0.6) is 0 Å². The van der Waals surface area contributed by atoms with Crippen LogP contribution < -0.4 is 0 Å². The Morgan fingerprint density at radius 1 is 0.514 bits per heavy atom. The number of esters is 2. The highest BCUT2D eigenvalue weighted by atomic mass is 16.5. The molecule has 0 fully saturated rings. The van der Waals surface area contributed by atoms with Crippen LogP contribution in [0.1, 0.15) is 168 Å². The van der Waals surface area contributed by atoms with Crippen molar-refractivity contribution in [2.24, 2.45) is 5.92 Å². The highest BCUT2D eigenvalue weighted by Gasteiger charge is 2.08. The van der Waals surface area contributed by atoms with Crippen molar-refractivity contribution in [3.05, 3.63) is 0 Å². The standard InChI is InChI=1S/C31H60O4/c1-4-6-7-8-9-10-11-12-13-14-15-16-17-18-19-23-27-34-30(32)25-21-20-22-26-31(33)35-28-29(3)24-5-2/h29H,4-28H2,1-3H3. The van der Waals surface area contributed by atoms with Crippen LogP contribution in [0.15, 0.2) is 0 Å². The summed E-state index contributed by atoms with van der Waals surface area (Å²) < 4.78 is 10.6. The van der Waals surface area contributed by atoms with E-state index in [1.54, 1.807) is 0 Å². The van der Waals surface area contributed by atoms with Crippen LogP contribution in [0.3, 0.4) is 0 Å². The molecule has 0 aromatic carbocycles. The van der Waals surface area contributed by atoms with Gasteiger partial charge in [-0.15, -0.1) is 0 Å².